The van der Waals surface area contributed by atoms with Gasteiger partial charge in [-0.15, -0.1) is 11.3 Å². The number of anilines is 1. The van der Waals surface area contributed by atoms with Gasteiger partial charge in [-0.25, -0.2) is 14.2 Å². The van der Waals surface area contributed by atoms with E-state index >= 15 is 0 Å². The molecule has 36 heavy (non-hydrogen) atoms. The first kappa shape index (κ1) is 25.4. The van der Waals surface area contributed by atoms with Crippen molar-refractivity contribution in [3.8, 4) is 17.0 Å². The molecule has 0 saturated carbocycles. The topological polar surface area (TPSA) is 100 Å². The Hall–Kier alpha value is -3.73. The van der Waals surface area contributed by atoms with E-state index in [1.807, 2.05) is 20.8 Å². The van der Waals surface area contributed by atoms with Gasteiger partial charge in [-0.2, -0.15) is 0 Å². The van der Waals surface area contributed by atoms with Crippen LogP contribution in [0, 0.1) is 18.2 Å². The fourth-order valence-electron chi connectivity index (χ4n) is 3.75. The normalized spacial score (nSPS) is 11.8. The van der Waals surface area contributed by atoms with Gasteiger partial charge in [0.05, 0.1) is 17.8 Å². The molecule has 0 aliphatic heterocycles. The van der Waals surface area contributed by atoms with Crippen molar-refractivity contribution >= 4 is 33.4 Å². The molecule has 4 aromatic rings. The lowest BCUT2D eigenvalue weighted by Crippen LogP contribution is -2.37. The summed E-state index contributed by atoms with van der Waals surface area (Å²) in [4.78, 5) is 42.2. The van der Waals surface area contributed by atoms with Gasteiger partial charge in [0, 0.05) is 30.7 Å². The summed E-state index contributed by atoms with van der Waals surface area (Å²) >= 11 is 1.21. The minimum absolute atomic E-state index is 0.0951. The van der Waals surface area contributed by atoms with Crippen LogP contribution in [0.3, 0.4) is 0 Å². The molecule has 0 spiro atoms. The molecule has 0 atom stereocenters. The van der Waals surface area contributed by atoms with Crippen LogP contribution in [0.1, 0.15) is 26.5 Å². The maximum atomic E-state index is 14.5. The molecular weight excluding hydrogens is 485 g/mol. The second-order valence-corrected chi connectivity index (χ2v) is 10.8. The molecule has 11 heteroatoms. The van der Waals surface area contributed by atoms with Crippen molar-refractivity contribution in [2.45, 2.75) is 34.2 Å². The molecule has 0 aliphatic rings. The predicted octanol–water partition coefficient (Wildman–Crippen LogP) is 3.67. The van der Waals surface area contributed by atoms with Crippen molar-refractivity contribution < 1.29 is 13.9 Å². The van der Waals surface area contributed by atoms with Gasteiger partial charge in [0.15, 0.2) is 16.7 Å². The predicted molar refractivity (Wildman–Crippen MR) is 138 cm³/mol. The molecule has 0 radical (unpaired) electrons. The van der Waals surface area contributed by atoms with E-state index in [9.17, 15) is 18.8 Å². The third-order valence-electron chi connectivity index (χ3n) is 5.67. The number of benzene rings is 1. The van der Waals surface area contributed by atoms with E-state index in [-0.39, 0.29) is 29.1 Å². The van der Waals surface area contributed by atoms with E-state index in [4.69, 9.17) is 4.74 Å². The third-order valence-corrected chi connectivity index (χ3v) is 6.42. The van der Waals surface area contributed by atoms with Crippen molar-refractivity contribution in [1.82, 2.24) is 18.7 Å². The Morgan fingerprint density at radius 3 is 2.56 bits per heavy atom. The number of halogens is 1. The fraction of sp³-hybridized carbons (Fsp3) is 0.360. The van der Waals surface area contributed by atoms with E-state index in [0.29, 0.717) is 34.2 Å². The Labute approximate surface area is 210 Å². The summed E-state index contributed by atoms with van der Waals surface area (Å²) in [7, 11) is 2.98. The Balaban J connectivity index is 1.51. The van der Waals surface area contributed by atoms with Gasteiger partial charge < -0.3 is 14.6 Å². The zero-order valence-corrected chi connectivity index (χ0v) is 21.8. The molecule has 1 N–H and O–H groups in total. The molecule has 3 aromatic heterocycles. The molecule has 0 unspecified atom stereocenters. The lowest BCUT2D eigenvalue weighted by Gasteiger charge is -2.19. The molecule has 0 bridgehead atoms. The second kappa shape index (κ2) is 9.38. The highest BCUT2D eigenvalue weighted by Gasteiger charge is 2.18. The van der Waals surface area contributed by atoms with E-state index in [1.54, 1.807) is 42.1 Å². The molecule has 1 aromatic carbocycles. The van der Waals surface area contributed by atoms with Gasteiger partial charge >= 0.3 is 5.69 Å². The summed E-state index contributed by atoms with van der Waals surface area (Å²) in [5, 5.41) is 4.81. The van der Waals surface area contributed by atoms with Crippen LogP contribution in [-0.4, -0.2) is 31.2 Å². The largest absolute Gasteiger partial charge is 0.490 e. The smallest absolute Gasteiger partial charge is 0.331 e. The van der Waals surface area contributed by atoms with Gasteiger partial charge in [-0.1, -0.05) is 20.8 Å². The summed E-state index contributed by atoms with van der Waals surface area (Å²) in [6.45, 7) is 8.04. The second-order valence-electron chi connectivity index (χ2n) is 9.89. The summed E-state index contributed by atoms with van der Waals surface area (Å²) in [5.74, 6) is -0.693. The number of amides is 1. The fourth-order valence-corrected chi connectivity index (χ4v) is 4.49. The molecule has 4 rings (SSSR count). The first-order chi connectivity index (χ1) is 16.9. The highest BCUT2D eigenvalue weighted by molar-refractivity contribution is 7.14. The van der Waals surface area contributed by atoms with Gasteiger partial charge in [0.1, 0.15) is 12.1 Å². The van der Waals surface area contributed by atoms with E-state index in [0.717, 1.165) is 4.57 Å². The van der Waals surface area contributed by atoms with E-state index < -0.39 is 17.1 Å². The minimum Gasteiger partial charge on any atom is -0.490 e. The van der Waals surface area contributed by atoms with Crippen molar-refractivity contribution in [2.24, 2.45) is 19.5 Å². The van der Waals surface area contributed by atoms with Gasteiger partial charge in [-0.3, -0.25) is 18.7 Å². The maximum Gasteiger partial charge on any atom is 0.331 e. The molecule has 0 fully saturated rings. The highest BCUT2D eigenvalue weighted by Crippen LogP contribution is 2.29. The number of ether oxygens (including phenoxy) is 1. The van der Waals surface area contributed by atoms with Crippen LogP contribution < -0.4 is 21.3 Å². The van der Waals surface area contributed by atoms with Gasteiger partial charge in [0.25, 0.3) is 5.56 Å². The number of nitrogens with zero attached hydrogens (tertiary/aromatic N) is 4. The summed E-state index contributed by atoms with van der Waals surface area (Å²) in [6.07, 6.45) is 0. The minimum atomic E-state index is -0.485. The Kier molecular flexibility index (Phi) is 6.61. The zero-order valence-electron chi connectivity index (χ0n) is 21.0. The molecule has 1 amide bonds. The van der Waals surface area contributed by atoms with Crippen LogP contribution in [0.5, 0.6) is 5.75 Å². The lowest BCUT2D eigenvalue weighted by molar-refractivity contribution is -0.116. The number of aromatic nitrogens is 4. The number of fused-ring (bicyclic) bond motifs is 1. The summed E-state index contributed by atoms with van der Waals surface area (Å²) in [6, 6.07) is 6.35. The first-order valence-electron chi connectivity index (χ1n) is 11.3. The number of aryl methyl sites for hydroxylation is 2. The maximum absolute atomic E-state index is 14.5. The molecule has 0 saturated heterocycles. The zero-order chi connectivity index (χ0) is 26.4. The summed E-state index contributed by atoms with van der Waals surface area (Å²) < 4.78 is 24.1. The van der Waals surface area contributed by atoms with Gasteiger partial charge in [0.2, 0.25) is 5.91 Å². The van der Waals surface area contributed by atoms with E-state index in [2.05, 4.69) is 10.3 Å². The number of hydrogen-bond acceptors (Lipinski definition) is 6. The Bertz CT molecular complexity index is 1590. The number of thiazole rings is 1. The van der Waals surface area contributed by atoms with Crippen LogP contribution in [-0.2, 0) is 25.4 Å². The monoisotopic (exact) mass is 513 g/mol. The SMILES string of the molecule is Cc1cc2c(c(=O)n(C)c(=O)n2C)n1CC(=O)Nc1nc(-c2ccc(OCC(C)(C)C)c(F)c2)cs1. The molecule has 0 aliphatic carbocycles. The van der Waals surface area contributed by atoms with Crippen molar-refractivity contribution in [3.05, 3.63) is 62.0 Å². The number of carbonyl (C=O) groups is 1. The summed E-state index contributed by atoms with van der Waals surface area (Å²) in [5.41, 5.74) is 1.48. The van der Waals surface area contributed by atoms with Crippen LogP contribution in [0.2, 0.25) is 0 Å². The number of rotatable bonds is 6. The lowest BCUT2D eigenvalue weighted by atomic mass is 9.99. The van der Waals surface area contributed by atoms with Crippen molar-refractivity contribution in [3.63, 3.8) is 0 Å². The van der Waals surface area contributed by atoms with Gasteiger partial charge in [-0.05, 0) is 36.6 Å². The average molecular weight is 514 g/mol. The van der Waals surface area contributed by atoms with Crippen LogP contribution >= 0.6 is 11.3 Å². The third kappa shape index (κ3) is 4.97. The van der Waals surface area contributed by atoms with Crippen LogP contribution in [0.15, 0.2) is 39.2 Å². The average Bonchev–Trinajstić information content (AvgIpc) is 3.39. The molecule has 190 valence electrons. The molecule has 9 nitrogen and oxygen atoms in total. The Morgan fingerprint density at radius 1 is 1.17 bits per heavy atom. The van der Waals surface area contributed by atoms with Crippen molar-refractivity contribution in [1.29, 1.82) is 0 Å². The van der Waals surface area contributed by atoms with Crippen LogP contribution in [0.4, 0.5) is 9.52 Å². The first-order valence-corrected chi connectivity index (χ1v) is 12.2. The number of nitrogens with one attached hydrogen (secondary N) is 1. The number of hydrogen-bond donors (Lipinski definition) is 1. The Morgan fingerprint density at radius 2 is 1.89 bits per heavy atom. The molecule has 3 heterocycles. The standard InChI is InChI=1S/C25H28FN5O4S/c1-14-9-18-21(22(33)30(6)24(34)29(18)5)31(14)11-20(32)28-23-27-17(12-36-23)15-7-8-19(16(26)10-15)35-13-25(2,3)4/h7-10,12H,11,13H2,1-6H3,(H,27,28,32). The van der Waals surface area contributed by atoms with E-state index in [1.165, 1.54) is 29.0 Å². The van der Waals surface area contributed by atoms with Crippen molar-refractivity contribution in [2.75, 3.05) is 11.9 Å². The highest BCUT2D eigenvalue weighted by atomic mass is 32.1. The molecular formula is C25H28FN5O4S. The van der Waals surface area contributed by atoms with Crippen LogP contribution in [0.25, 0.3) is 22.3 Å². The number of carbonyl (C=O) groups excluding carboxylic acids is 1. The quantitative estimate of drug-likeness (QED) is 0.424.